The highest BCUT2D eigenvalue weighted by Crippen LogP contribution is 2.26. The smallest absolute Gasteiger partial charge is 0.338 e. The molecule has 136 valence electrons. The molecule has 0 aromatic heterocycles. The lowest BCUT2D eigenvalue weighted by atomic mass is 10.1. The zero-order valence-corrected chi connectivity index (χ0v) is 13.7. The van der Waals surface area contributed by atoms with Crippen molar-refractivity contribution in [2.45, 2.75) is 24.7 Å². The summed E-state index contributed by atoms with van der Waals surface area (Å²) in [6.07, 6.45) is -6.20. The first-order valence-corrected chi connectivity index (χ1v) is 8.02. The molecule has 1 aliphatic rings. The lowest BCUT2D eigenvalue weighted by molar-refractivity contribution is -0.122. The molecule has 1 aliphatic heterocycles. The van der Waals surface area contributed by atoms with E-state index < -0.39 is 36.6 Å². The minimum absolute atomic E-state index is 0.237. The van der Waals surface area contributed by atoms with Crippen LogP contribution in [0.25, 0.3) is 0 Å². The lowest BCUT2D eigenvalue weighted by Gasteiger charge is -2.19. The maximum Gasteiger partial charge on any atom is 0.338 e. The topological polar surface area (TPSA) is 82.1 Å². The minimum atomic E-state index is -1.94. The van der Waals surface area contributed by atoms with Gasteiger partial charge in [-0.1, -0.05) is 36.4 Å². The predicted octanol–water partition coefficient (Wildman–Crippen LogP) is 2.12. The van der Waals surface area contributed by atoms with Gasteiger partial charge < -0.3 is 19.3 Å². The van der Waals surface area contributed by atoms with Crippen molar-refractivity contribution >= 4 is 11.9 Å². The Morgan fingerprint density at radius 2 is 1.50 bits per heavy atom. The van der Waals surface area contributed by atoms with Gasteiger partial charge in [-0.2, -0.15) is 0 Å². The van der Waals surface area contributed by atoms with Gasteiger partial charge in [0.25, 0.3) is 0 Å². The largest absolute Gasteiger partial charge is 0.459 e. The second-order valence-corrected chi connectivity index (χ2v) is 5.71. The van der Waals surface area contributed by atoms with Crippen LogP contribution in [0.15, 0.2) is 60.7 Å². The summed E-state index contributed by atoms with van der Waals surface area (Å²) in [5, 5.41) is 9.58. The number of aliphatic hydroxyl groups is 1. The standard InChI is InChI=1S/C19H17FO6/c20-15-16(26-18(22)13-9-5-2-6-10-13)14(25-19(15)23)11-24-17(21)12-7-3-1-4-8-12/h1-10,14-16,19,23H,11H2/t14-,15-,16?,19+/m1/s1. The van der Waals surface area contributed by atoms with Crippen molar-refractivity contribution in [2.24, 2.45) is 0 Å². The number of benzene rings is 2. The highest BCUT2D eigenvalue weighted by molar-refractivity contribution is 5.90. The first kappa shape index (κ1) is 18.0. The molecule has 26 heavy (non-hydrogen) atoms. The molecule has 1 heterocycles. The van der Waals surface area contributed by atoms with Crippen molar-refractivity contribution in [3.05, 3.63) is 71.8 Å². The summed E-state index contributed by atoms with van der Waals surface area (Å²) < 4.78 is 29.4. The first-order valence-electron chi connectivity index (χ1n) is 8.02. The van der Waals surface area contributed by atoms with Gasteiger partial charge >= 0.3 is 11.9 Å². The van der Waals surface area contributed by atoms with Gasteiger partial charge in [0.2, 0.25) is 0 Å². The van der Waals surface area contributed by atoms with Crippen LogP contribution in [0.4, 0.5) is 4.39 Å². The van der Waals surface area contributed by atoms with Crippen molar-refractivity contribution in [1.82, 2.24) is 0 Å². The van der Waals surface area contributed by atoms with Crippen molar-refractivity contribution in [3.63, 3.8) is 0 Å². The quantitative estimate of drug-likeness (QED) is 0.823. The van der Waals surface area contributed by atoms with Gasteiger partial charge in [-0.05, 0) is 24.3 Å². The van der Waals surface area contributed by atoms with Gasteiger partial charge in [-0.3, -0.25) is 0 Å². The molecule has 2 aromatic rings. The van der Waals surface area contributed by atoms with Crippen LogP contribution < -0.4 is 0 Å². The van der Waals surface area contributed by atoms with Crippen LogP contribution in [0.3, 0.4) is 0 Å². The molecule has 1 unspecified atom stereocenters. The van der Waals surface area contributed by atoms with E-state index >= 15 is 0 Å². The fraction of sp³-hybridized carbons (Fsp3) is 0.263. The Balaban J connectivity index is 1.63. The first-order chi connectivity index (χ1) is 12.6. The average Bonchev–Trinajstić information content (AvgIpc) is 2.95. The summed E-state index contributed by atoms with van der Waals surface area (Å²) in [5.41, 5.74) is 0.557. The van der Waals surface area contributed by atoms with Crippen LogP contribution >= 0.6 is 0 Å². The molecule has 0 saturated carbocycles. The second kappa shape index (κ2) is 8.07. The third-order valence-corrected chi connectivity index (χ3v) is 3.91. The lowest BCUT2D eigenvalue weighted by Crippen LogP contribution is -2.37. The van der Waals surface area contributed by atoms with Gasteiger partial charge in [-0.25, -0.2) is 14.0 Å². The van der Waals surface area contributed by atoms with E-state index in [0.29, 0.717) is 5.56 Å². The van der Waals surface area contributed by atoms with Crippen LogP contribution in [-0.2, 0) is 14.2 Å². The Morgan fingerprint density at radius 1 is 0.962 bits per heavy atom. The van der Waals surface area contributed by atoms with E-state index in [1.165, 1.54) is 12.1 Å². The van der Waals surface area contributed by atoms with E-state index in [0.717, 1.165) is 0 Å². The van der Waals surface area contributed by atoms with Gasteiger partial charge in [0.1, 0.15) is 12.7 Å². The van der Waals surface area contributed by atoms with Crippen LogP contribution in [0, 0.1) is 0 Å². The number of esters is 2. The molecule has 6 nitrogen and oxygen atoms in total. The number of ether oxygens (including phenoxy) is 3. The summed E-state index contributed by atoms with van der Waals surface area (Å²) in [6.45, 7) is -0.363. The molecular formula is C19H17FO6. The van der Waals surface area contributed by atoms with E-state index in [2.05, 4.69) is 0 Å². The van der Waals surface area contributed by atoms with Crippen molar-refractivity contribution in [1.29, 1.82) is 0 Å². The normalized spacial score (nSPS) is 24.8. The molecule has 3 rings (SSSR count). The molecule has 0 amide bonds. The number of aliphatic hydroxyl groups excluding tert-OH is 1. The fourth-order valence-electron chi connectivity index (χ4n) is 2.56. The molecule has 0 radical (unpaired) electrons. The number of rotatable bonds is 5. The van der Waals surface area contributed by atoms with Gasteiger partial charge in [0.05, 0.1) is 11.1 Å². The number of carbonyl (C=O) groups is 2. The third kappa shape index (κ3) is 4.07. The summed E-state index contributed by atoms with van der Waals surface area (Å²) in [6, 6.07) is 16.3. The Morgan fingerprint density at radius 3 is 2.08 bits per heavy atom. The van der Waals surface area contributed by atoms with Crippen LogP contribution in [-0.4, -0.2) is 48.3 Å². The predicted molar refractivity (Wildman–Crippen MR) is 88.1 cm³/mol. The molecule has 0 aliphatic carbocycles. The minimum Gasteiger partial charge on any atom is -0.459 e. The maximum atomic E-state index is 14.2. The monoisotopic (exact) mass is 360 g/mol. The van der Waals surface area contributed by atoms with Crippen LogP contribution in [0.5, 0.6) is 0 Å². The Labute approximate surface area is 149 Å². The summed E-state index contributed by atoms with van der Waals surface area (Å²) in [7, 11) is 0. The summed E-state index contributed by atoms with van der Waals surface area (Å²) in [4.78, 5) is 24.1. The van der Waals surface area contributed by atoms with Crippen molar-refractivity contribution in [3.8, 4) is 0 Å². The van der Waals surface area contributed by atoms with Crippen molar-refractivity contribution < 1.29 is 33.3 Å². The summed E-state index contributed by atoms with van der Waals surface area (Å²) >= 11 is 0. The summed E-state index contributed by atoms with van der Waals surface area (Å²) in [5.74, 6) is -1.38. The maximum absolute atomic E-state index is 14.2. The van der Waals surface area contributed by atoms with E-state index in [1.807, 2.05) is 0 Å². The van der Waals surface area contributed by atoms with E-state index in [4.69, 9.17) is 14.2 Å². The third-order valence-electron chi connectivity index (χ3n) is 3.91. The molecule has 7 heteroatoms. The highest BCUT2D eigenvalue weighted by Gasteiger charge is 2.47. The Hall–Kier alpha value is -2.77. The molecule has 0 bridgehead atoms. The number of hydrogen-bond acceptors (Lipinski definition) is 6. The molecule has 0 spiro atoms. The highest BCUT2D eigenvalue weighted by atomic mass is 19.1. The van der Waals surface area contributed by atoms with E-state index in [1.54, 1.807) is 48.5 Å². The van der Waals surface area contributed by atoms with E-state index in [-0.39, 0.29) is 12.2 Å². The van der Waals surface area contributed by atoms with Gasteiger partial charge in [-0.15, -0.1) is 0 Å². The molecule has 1 saturated heterocycles. The zero-order chi connectivity index (χ0) is 18.5. The van der Waals surface area contributed by atoms with Crippen LogP contribution in [0.2, 0.25) is 0 Å². The van der Waals surface area contributed by atoms with Crippen molar-refractivity contribution in [2.75, 3.05) is 6.61 Å². The van der Waals surface area contributed by atoms with E-state index in [9.17, 15) is 19.1 Å². The molecular weight excluding hydrogens is 343 g/mol. The number of alkyl halides is 1. The molecule has 1 N–H and O–H groups in total. The SMILES string of the molecule is O=C(OC[C@H]1O[C@H](O)[C@H](F)C1OC(=O)c1ccccc1)c1ccccc1. The molecule has 4 atom stereocenters. The number of halogens is 1. The Kier molecular flexibility index (Phi) is 5.60. The zero-order valence-electron chi connectivity index (χ0n) is 13.7. The number of hydrogen-bond donors (Lipinski definition) is 1. The van der Waals surface area contributed by atoms with Gasteiger partial charge in [0.15, 0.2) is 18.6 Å². The number of carbonyl (C=O) groups excluding carboxylic acids is 2. The average molecular weight is 360 g/mol. The second-order valence-electron chi connectivity index (χ2n) is 5.71. The van der Waals surface area contributed by atoms with Crippen LogP contribution in [0.1, 0.15) is 20.7 Å². The van der Waals surface area contributed by atoms with Gasteiger partial charge in [0, 0.05) is 0 Å². The molecule has 2 aromatic carbocycles. The fourth-order valence-corrected chi connectivity index (χ4v) is 2.56. The molecule has 1 fully saturated rings. The Bertz CT molecular complexity index is 751.